The van der Waals surface area contributed by atoms with Gasteiger partial charge in [0, 0.05) is 0 Å². The molecule has 0 spiro atoms. The number of esters is 1. The number of nitrogen functional groups attached to an aromatic ring is 1. The molecule has 7 nitrogen and oxygen atoms in total. The van der Waals surface area contributed by atoms with E-state index in [0.29, 0.717) is 15.7 Å². The number of thiazole rings is 1. The predicted octanol–water partition coefficient (Wildman–Crippen LogP) is -0.703. The smallest absolute Gasteiger partial charge is 0.336 e. The van der Waals surface area contributed by atoms with Crippen LogP contribution in [-0.2, 0) is 9.53 Å². The van der Waals surface area contributed by atoms with Gasteiger partial charge in [-0.05, 0) is 6.92 Å². The van der Waals surface area contributed by atoms with E-state index in [0.717, 1.165) is 18.4 Å². The highest BCUT2D eigenvalue weighted by atomic mass is 32.1. The van der Waals surface area contributed by atoms with E-state index in [4.69, 9.17) is 5.73 Å². The Kier molecular flexibility index (Phi) is 4.41. The molecule has 1 atom stereocenters. The van der Waals surface area contributed by atoms with Crippen molar-refractivity contribution in [2.75, 3.05) is 19.4 Å². The first kappa shape index (κ1) is 13.4. The lowest BCUT2D eigenvalue weighted by Crippen LogP contribution is -2.37. The maximum atomic E-state index is 11.6. The number of methoxy groups -OCH3 is 1. The number of nitrogens with zero attached hydrogens (tertiary/aromatic N) is 1. The predicted molar refractivity (Wildman–Crippen MR) is 61.6 cm³/mol. The molecule has 1 aromatic heterocycles. The molecule has 4 N–H and O–H groups in total. The van der Waals surface area contributed by atoms with E-state index < -0.39 is 18.0 Å². The summed E-state index contributed by atoms with van der Waals surface area (Å²) in [5.74, 6) is -1.23. The minimum atomic E-state index is -1.38. The molecule has 1 unspecified atom stereocenters. The average Bonchev–Trinajstić information content (AvgIpc) is 2.63. The summed E-state index contributed by atoms with van der Waals surface area (Å²) in [6.07, 6.45) is -1.38. The molecule has 0 aromatic carbocycles. The number of nitrogens with one attached hydrogen (secondary N) is 1. The van der Waals surface area contributed by atoms with Crippen LogP contribution in [0.15, 0.2) is 0 Å². The van der Waals surface area contributed by atoms with Gasteiger partial charge in [0.1, 0.15) is 4.88 Å². The maximum absolute atomic E-state index is 11.6. The monoisotopic (exact) mass is 259 g/mol. The highest BCUT2D eigenvalue weighted by molar-refractivity contribution is 7.17. The summed E-state index contributed by atoms with van der Waals surface area (Å²) in [5.41, 5.74) is 5.96. The third-order valence-electron chi connectivity index (χ3n) is 1.95. The van der Waals surface area contributed by atoms with E-state index in [1.54, 1.807) is 6.92 Å². The molecule has 0 radical (unpaired) electrons. The average molecular weight is 259 g/mol. The van der Waals surface area contributed by atoms with Crippen LogP contribution >= 0.6 is 11.3 Å². The van der Waals surface area contributed by atoms with Crippen molar-refractivity contribution in [3.05, 3.63) is 10.6 Å². The molecule has 0 saturated heterocycles. The minimum absolute atomic E-state index is 0.219. The molecule has 94 valence electrons. The second-order valence-corrected chi connectivity index (χ2v) is 4.25. The topological polar surface area (TPSA) is 115 Å². The number of ether oxygens (including phenoxy) is 1. The lowest BCUT2D eigenvalue weighted by atomic mass is 10.3. The van der Waals surface area contributed by atoms with Gasteiger partial charge in [-0.1, -0.05) is 11.3 Å². The lowest BCUT2D eigenvalue weighted by Gasteiger charge is -2.08. The van der Waals surface area contributed by atoms with E-state index in [1.165, 1.54) is 0 Å². The van der Waals surface area contributed by atoms with Gasteiger partial charge in [0.05, 0.1) is 19.3 Å². The summed E-state index contributed by atoms with van der Waals surface area (Å²) in [6.45, 7) is 1.43. The van der Waals surface area contributed by atoms with Gasteiger partial charge in [0.15, 0.2) is 11.2 Å². The number of hydrogen-bond acceptors (Lipinski definition) is 7. The zero-order valence-corrected chi connectivity index (χ0v) is 10.2. The number of aromatic nitrogens is 1. The Hall–Kier alpha value is -1.67. The van der Waals surface area contributed by atoms with Crippen LogP contribution in [0.2, 0.25) is 0 Å². The van der Waals surface area contributed by atoms with Gasteiger partial charge in [-0.15, -0.1) is 0 Å². The molecular weight excluding hydrogens is 246 g/mol. The van der Waals surface area contributed by atoms with Crippen molar-refractivity contribution in [1.29, 1.82) is 0 Å². The fourth-order valence-electron chi connectivity index (χ4n) is 1.12. The Labute approximate surface area is 102 Å². The molecular formula is C9H13N3O4S. The molecule has 17 heavy (non-hydrogen) atoms. The number of carbonyl (C=O) groups excluding carboxylic acids is 2. The first-order chi connectivity index (χ1) is 7.95. The molecule has 8 heteroatoms. The zero-order valence-electron chi connectivity index (χ0n) is 9.39. The highest BCUT2D eigenvalue weighted by Gasteiger charge is 2.19. The lowest BCUT2D eigenvalue weighted by molar-refractivity contribution is -0.149. The number of rotatable bonds is 4. The van der Waals surface area contributed by atoms with Crippen molar-refractivity contribution in [2.45, 2.75) is 13.0 Å². The highest BCUT2D eigenvalue weighted by Crippen LogP contribution is 2.19. The van der Waals surface area contributed by atoms with Crippen LogP contribution < -0.4 is 11.1 Å². The number of aliphatic hydroxyl groups excluding tert-OH is 1. The van der Waals surface area contributed by atoms with E-state index in [1.807, 2.05) is 0 Å². The number of hydrogen-bond donors (Lipinski definition) is 3. The van der Waals surface area contributed by atoms with E-state index in [9.17, 15) is 14.7 Å². The van der Waals surface area contributed by atoms with Gasteiger partial charge >= 0.3 is 5.97 Å². The fraction of sp³-hybridized carbons (Fsp3) is 0.444. The first-order valence-electron chi connectivity index (χ1n) is 4.72. The zero-order chi connectivity index (χ0) is 13.0. The van der Waals surface area contributed by atoms with Crippen LogP contribution in [0.25, 0.3) is 0 Å². The van der Waals surface area contributed by atoms with Gasteiger partial charge in [-0.3, -0.25) is 4.79 Å². The Bertz CT molecular complexity index is 432. The maximum Gasteiger partial charge on any atom is 0.336 e. The van der Waals surface area contributed by atoms with Crippen LogP contribution in [0.3, 0.4) is 0 Å². The summed E-state index contributed by atoms with van der Waals surface area (Å²) < 4.78 is 4.31. The third kappa shape index (κ3) is 3.40. The Morgan fingerprint density at radius 3 is 2.76 bits per heavy atom. The summed E-state index contributed by atoms with van der Waals surface area (Å²) in [5, 5.41) is 11.9. The molecule has 0 aliphatic carbocycles. The molecule has 0 saturated carbocycles. The van der Waals surface area contributed by atoms with Crippen molar-refractivity contribution >= 4 is 28.3 Å². The van der Waals surface area contributed by atoms with Crippen LogP contribution in [0.5, 0.6) is 0 Å². The largest absolute Gasteiger partial charge is 0.467 e. The number of aliphatic hydroxyl groups is 1. The molecule has 1 amide bonds. The molecule has 0 bridgehead atoms. The second kappa shape index (κ2) is 5.60. The van der Waals surface area contributed by atoms with Gasteiger partial charge in [-0.25, -0.2) is 9.78 Å². The number of aryl methyl sites for hydroxylation is 1. The van der Waals surface area contributed by atoms with Crippen LogP contribution in [0.4, 0.5) is 5.13 Å². The van der Waals surface area contributed by atoms with E-state index >= 15 is 0 Å². The molecule has 1 heterocycles. The summed E-state index contributed by atoms with van der Waals surface area (Å²) in [4.78, 5) is 26.8. The van der Waals surface area contributed by atoms with Crippen LogP contribution in [0, 0.1) is 6.92 Å². The van der Waals surface area contributed by atoms with Gasteiger partial charge in [-0.2, -0.15) is 0 Å². The standard InChI is InChI=1S/C9H13N3O4S/c1-4-6(17-9(10)12-4)7(14)11-3-5(13)8(15)16-2/h5,13H,3H2,1-2H3,(H2,10,12)(H,11,14). The SMILES string of the molecule is COC(=O)C(O)CNC(=O)c1sc(N)nc1C. The van der Waals surface area contributed by atoms with Gasteiger partial charge < -0.3 is 20.9 Å². The van der Waals surface area contributed by atoms with Crippen molar-refractivity contribution in [3.8, 4) is 0 Å². The van der Waals surface area contributed by atoms with E-state index in [2.05, 4.69) is 15.0 Å². The summed E-state index contributed by atoms with van der Waals surface area (Å²) in [7, 11) is 1.15. The number of amides is 1. The van der Waals surface area contributed by atoms with Gasteiger partial charge in [0.2, 0.25) is 0 Å². The molecule has 0 aliphatic heterocycles. The van der Waals surface area contributed by atoms with Gasteiger partial charge in [0.25, 0.3) is 5.91 Å². The summed E-state index contributed by atoms with van der Waals surface area (Å²) >= 11 is 1.05. The minimum Gasteiger partial charge on any atom is -0.467 e. The van der Waals surface area contributed by atoms with Crippen LogP contribution in [-0.4, -0.2) is 41.7 Å². The van der Waals surface area contributed by atoms with Crippen molar-refractivity contribution in [1.82, 2.24) is 10.3 Å². The third-order valence-corrected chi connectivity index (χ3v) is 2.93. The molecule has 1 aromatic rings. The summed E-state index contributed by atoms with van der Waals surface area (Å²) in [6, 6.07) is 0. The Morgan fingerprint density at radius 1 is 1.65 bits per heavy atom. The van der Waals surface area contributed by atoms with Crippen molar-refractivity contribution in [3.63, 3.8) is 0 Å². The second-order valence-electron chi connectivity index (χ2n) is 3.22. The number of nitrogens with two attached hydrogens (primary N) is 1. The Morgan fingerprint density at radius 2 is 2.29 bits per heavy atom. The fourth-order valence-corrected chi connectivity index (χ4v) is 1.87. The van der Waals surface area contributed by atoms with Crippen molar-refractivity contribution < 1.29 is 19.4 Å². The van der Waals surface area contributed by atoms with E-state index in [-0.39, 0.29) is 6.54 Å². The number of anilines is 1. The Balaban J connectivity index is 2.56. The molecule has 0 aliphatic rings. The molecule has 0 fully saturated rings. The van der Waals surface area contributed by atoms with Crippen LogP contribution in [0.1, 0.15) is 15.4 Å². The number of carbonyl (C=O) groups is 2. The quantitative estimate of drug-likeness (QED) is 0.616. The molecule has 1 rings (SSSR count). The van der Waals surface area contributed by atoms with Crippen molar-refractivity contribution in [2.24, 2.45) is 0 Å². The normalized spacial score (nSPS) is 11.9. The first-order valence-corrected chi connectivity index (χ1v) is 5.54.